The molecule has 2 aromatic rings. The lowest BCUT2D eigenvalue weighted by atomic mass is 10.1. The highest BCUT2D eigenvalue weighted by Crippen LogP contribution is 2.41. The Morgan fingerprint density at radius 3 is 2.55 bits per heavy atom. The maximum absolute atomic E-state index is 12.8. The molecule has 0 fully saturated rings. The molecule has 0 bridgehead atoms. The first-order valence-corrected chi connectivity index (χ1v) is 6.85. The average Bonchev–Trinajstić information content (AvgIpc) is 3.00. The molecular weight excluding hydrogens is 295 g/mol. The second-order valence-electron chi connectivity index (χ2n) is 5.44. The van der Waals surface area contributed by atoms with Gasteiger partial charge in [0.25, 0.3) is 0 Å². The molecule has 3 rings (SSSR count). The van der Waals surface area contributed by atoms with E-state index in [1.54, 1.807) is 12.1 Å². The van der Waals surface area contributed by atoms with Gasteiger partial charge in [-0.25, -0.2) is 0 Å². The van der Waals surface area contributed by atoms with Crippen molar-refractivity contribution in [3.63, 3.8) is 0 Å². The van der Waals surface area contributed by atoms with Gasteiger partial charge in [-0.2, -0.15) is 18.0 Å². The third-order valence-electron chi connectivity index (χ3n) is 4.00. The number of halogens is 3. The molecule has 1 aliphatic rings. The highest BCUT2D eigenvalue weighted by atomic mass is 19.4. The molecule has 7 heteroatoms. The number of fused-ring (bicyclic) bond motifs is 1. The summed E-state index contributed by atoms with van der Waals surface area (Å²) in [5.41, 5.74) is 0.712. The second-order valence-corrected chi connectivity index (χ2v) is 5.44. The van der Waals surface area contributed by atoms with Crippen LogP contribution in [0.5, 0.6) is 0 Å². The van der Waals surface area contributed by atoms with Gasteiger partial charge in [0, 0.05) is 19.0 Å². The molecule has 1 N–H and O–H groups in total. The van der Waals surface area contributed by atoms with Gasteiger partial charge in [0.2, 0.25) is 0 Å². The first-order valence-electron chi connectivity index (χ1n) is 6.85. The second kappa shape index (κ2) is 5.01. The van der Waals surface area contributed by atoms with Crippen LogP contribution < -0.4 is 5.01 Å². The molecule has 1 radical (unpaired) electrons. The molecule has 4 nitrogen and oxygen atoms in total. The van der Waals surface area contributed by atoms with Crippen LogP contribution in [0, 0.1) is 13.1 Å². The molecule has 1 aromatic heterocycles. The Bertz CT molecular complexity index is 696. The maximum atomic E-state index is 12.8. The fraction of sp³-hybridized carbons (Fsp3) is 0.400. The number of benzene rings is 1. The van der Waals surface area contributed by atoms with Crippen LogP contribution in [-0.4, -0.2) is 22.0 Å². The molecule has 0 saturated heterocycles. The number of hydrogen-bond donors (Lipinski definition) is 1. The SMILES string of the molecule is Cc1[c]n(N(C)C2CC(O)c3ccccc32)nc1C(F)(F)F. The highest BCUT2D eigenvalue weighted by molar-refractivity contribution is 5.38. The minimum Gasteiger partial charge on any atom is -0.388 e. The summed E-state index contributed by atoms with van der Waals surface area (Å²) in [5, 5.41) is 15.3. The van der Waals surface area contributed by atoms with Crippen LogP contribution in [0.15, 0.2) is 24.3 Å². The summed E-state index contributed by atoms with van der Waals surface area (Å²) in [6, 6.07) is 7.12. The van der Waals surface area contributed by atoms with Gasteiger partial charge in [0.15, 0.2) is 5.69 Å². The number of aromatic nitrogens is 2. The van der Waals surface area contributed by atoms with Crippen LogP contribution in [0.1, 0.15) is 41.0 Å². The average molecular weight is 310 g/mol. The third kappa shape index (κ3) is 2.35. The van der Waals surface area contributed by atoms with E-state index < -0.39 is 18.0 Å². The van der Waals surface area contributed by atoms with Crippen molar-refractivity contribution < 1.29 is 18.3 Å². The molecule has 0 spiro atoms. The van der Waals surface area contributed by atoms with E-state index in [9.17, 15) is 18.3 Å². The van der Waals surface area contributed by atoms with Gasteiger partial charge in [0.1, 0.15) is 6.20 Å². The number of aliphatic hydroxyl groups is 1. The molecule has 0 aliphatic heterocycles. The maximum Gasteiger partial charge on any atom is 0.435 e. The first kappa shape index (κ1) is 14.9. The number of aryl methyl sites for hydroxylation is 1. The summed E-state index contributed by atoms with van der Waals surface area (Å²) in [6.45, 7) is 1.33. The van der Waals surface area contributed by atoms with Crippen LogP contribution in [0.3, 0.4) is 0 Å². The summed E-state index contributed by atoms with van der Waals surface area (Å²) in [7, 11) is 1.64. The van der Waals surface area contributed by atoms with E-state index in [4.69, 9.17) is 0 Å². The standard InChI is InChI=1S/C15H15F3N3O/c1-9-8-21(19-14(9)15(16,17)18)20(2)12-7-13(22)11-6-4-3-5-10(11)12/h3-6,12-13,22H,7H2,1-2H3. The monoisotopic (exact) mass is 310 g/mol. The van der Waals surface area contributed by atoms with Crippen LogP contribution in [0.4, 0.5) is 13.2 Å². The van der Waals surface area contributed by atoms with Crippen LogP contribution in [0.25, 0.3) is 0 Å². The number of hydrogen-bond acceptors (Lipinski definition) is 3. The topological polar surface area (TPSA) is 41.3 Å². The normalized spacial score (nSPS) is 21.0. The van der Waals surface area contributed by atoms with E-state index in [2.05, 4.69) is 11.3 Å². The Morgan fingerprint density at radius 1 is 1.32 bits per heavy atom. The van der Waals surface area contributed by atoms with Crippen LogP contribution in [-0.2, 0) is 6.18 Å². The minimum absolute atomic E-state index is 0.0498. The quantitative estimate of drug-likeness (QED) is 0.927. The Morgan fingerprint density at radius 2 is 1.95 bits per heavy atom. The van der Waals surface area contributed by atoms with Gasteiger partial charge in [-0.3, -0.25) is 5.01 Å². The molecule has 0 saturated carbocycles. The zero-order chi connectivity index (χ0) is 16.1. The summed E-state index contributed by atoms with van der Waals surface area (Å²) in [5.74, 6) is 0. The van der Waals surface area contributed by atoms with E-state index in [1.165, 1.54) is 6.92 Å². The van der Waals surface area contributed by atoms with Gasteiger partial charge in [-0.1, -0.05) is 24.3 Å². The zero-order valence-corrected chi connectivity index (χ0v) is 12.1. The highest BCUT2D eigenvalue weighted by Gasteiger charge is 2.38. The molecular formula is C15H15F3N3O. The van der Waals surface area contributed by atoms with Crippen LogP contribution in [0.2, 0.25) is 0 Å². The lowest BCUT2D eigenvalue weighted by molar-refractivity contribution is -0.141. The zero-order valence-electron chi connectivity index (χ0n) is 12.1. The summed E-state index contributed by atoms with van der Waals surface area (Å²) < 4.78 is 38.5. The Balaban J connectivity index is 1.95. The Hall–Kier alpha value is -2.02. The van der Waals surface area contributed by atoms with Crippen LogP contribution >= 0.6 is 0 Å². The van der Waals surface area contributed by atoms with E-state index in [0.29, 0.717) is 6.42 Å². The van der Waals surface area contributed by atoms with Gasteiger partial charge in [-0.05, 0) is 18.1 Å². The Labute approximate surface area is 125 Å². The van der Waals surface area contributed by atoms with E-state index in [1.807, 2.05) is 24.3 Å². The lowest BCUT2D eigenvalue weighted by Gasteiger charge is -2.26. The summed E-state index contributed by atoms with van der Waals surface area (Å²) >= 11 is 0. The van der Waals surface area contributed by atoms with E-state index in [0.717, 1.165) is 15.9 Å². The molecule has 1 heterocycles. The minimum atomic E-state index is -4.50. The summed E-state index contributed by atoms with van der Waals surface area (Å²) in [6.07, 6.45) is -2.11. The lowest BCUT2D eigenvalue weighted by Crippen LogP contribution is -2.34. The molecule has 2 atom stereocenters. The largest absolute Gasteiger partial charge is 0.435 e. The molecule has 1 aromatic carbocycles. The fourth-order valence-electron chi connectivity index (χ4n) is 2.89. The van der Waals surface area contributed by atoms with Crippen molar-refractivity contribution >= 4 is 0 Å². The van der Waals surface area contributed by atoms with E-state index in [-0.39, 0.29) is 11.6 Å². The molecule has 117 valence electrons. The summed E-state index contributed by atoms with van der Waals surface area (Å²) in [4.78, 5) is 1.08. The molecule has 22 heavy (non-hydrogen) atoms. The van der Waals surface area contributed by atoms with Gasteiger partial charge in [-0.15, -0.1) is 5.10 Å². The van der Waals surface area contributed by atoms with Crippen molar-refractivity contribution in [1.29, 1.82) is 0 Å². The Kier molecular flexibility index (Phi) is 3.40. The van der Waals surface area contributed by atoms with Gasteiger partial charge in [0.05, 0.1) is 12.1 Å². The predicted octanol–water partition coefficient (Wildman–Crippen LogP) is 2.76. The first-order chi connectivity index (χ1) is 10.3. The van der Waals surface area contributed by atoms with Crippen molar-refractivity contribution in [3.8, 4) is 0 Å². The van der Waals surface area contributed by atoms with Crippen molar-refractivity contribution in [1.82, 2.24) is 9.89 Å². The number of nitrogens with zero attached hydrogens (tertiary/aromatic N) is 3. The number of rotatable bonds is 2. The number of alkyl halides is 3. The third-order valence-corrected chi connectivity index (χ3v) is 4.00. The smallest absolute Gasteiger partial charge is 0.388 e. The van der Waals surface area contributed by atoms with Crippen molar-refractivity contribution in [2.75, 3.05) is 12.1 Å². The molecule has 0 amide bonds. The fourth-order valence-corrected chi connectivity index (χ4v) is 2.89. The van der Waals surface area contributed by atoms with Crippen molar-refractivity contribution in [3.05, 3.63) is 52.8 Å². The van der Waals surface area contributed by atoms with Gasteiger partial charge >= 0.3 is 6.18 Å². The molecule has 1 aliphatic carbocycles. The number of aliphatic hydroxyl groups excluding tert-OH is 1. The predicted molar refractivity (Wildman–Crippen MR) is 73.7 cm³/mol. The van der Waals surface area contributed by atoms with Crippen molar-refractivity contribution in [2.24, 2.45) is 0 Å². The van der Waals surface area contributed by atoms with Crippen molar-refractivity contribution in [2.45, 2.75) is 31.7 Å². The molecule has 2 unspecified atom stereocenters. The van der Waals surface area contributed by atoms with Gasteiger partial charge < -0.3 is 5.11 Å². The van der Waals surface area contributed by atoms with E-state index >= 15 is 0 Å².